The monoisotopic (exact) mass is 310 g/mol. The van der Waals surface area contributed by atoms with Crippen LogP contribution in [0.1, 0.15) is 24.1 Å². The summed E-state index contributed by atoms with van der Waals surface area (Å²) in [6.45, 7) is 5.91. The van der Waals surface area contributed by atoms with Gasteiger partial charge in [-0.15, -0.1) is 0 Å². The van der Waals surface area contributed by atoms with Gasteiger partial charge in [-0.05, 0) is 44.4 Å². The van der Waals surface area contributed by atoms with Crippen molar-refractivity contribution in [2.45, 2.75) is 39.3 Å². The molecule has 0 radical (unpaired) electrons. The van der Waals surface area contributed by atoms with Crippen LogP contribution in [0.25, 0.3) is 22.4 Å². The molecule has 0 bridgehead atoms. The molecule has 23 heavy (non-hydrogen) atoms. The van der Waals surface area contributed by atoms with Crippen LogP contribution in [0.15, 0.2) is 24.3 Å². The molecule has 1 aliphatic heterocycles. The van der Waals surface area contributed by atoms with Crippen LogP contribution in [0.4, 0.5) is 5.82 Å². The topological polar surface area (TPSA) is 68.9 Å². The average molecular weight is 310 g/mol. The van der Waals surface area contributed by atoms with Crippen molar-refractivity contribution >= 4 is 16.9 Å². The maximum absolute atomic E-state index is 6.48. The molecule has 1 fully saturated rings. The van der Waals surface area contributed by atoms with Crippen LogP contribution in [-0.2, 0) is 11.3 Å². The van der Waals surface area contributed by atoms with E-state index in [9.17, 15) is 0 Å². The molecule has 2 aromatic heterocycles. The van der Waals surface area contributed by atoms with Gasteiger partial charge in [0.25, 0.3) is 0 Å². The normalized spacial score (nSPS) is 18.1. The molecule has 3 heterocycles. The summed E-state index contributed by atoms with van der Waals surface area (Å²) in [6, 6.07) is 8.05. The van der Waals surface area contributed by atoms with E-state index >= 15 is 0 Å². The molecular formula is C18H22N4O. The first-order valence-electron chi connectivity index (χ1n) is 8.17. The van der Waals surface area contributed by atoms with E-state index in [0.717, 1.165) is 54.2 Å². The minimum absolute atomic E-state index is 0.270. The highest BCUT2D eigenvalue weighted by atomic mass is 16.5. The Morgan fingerprint density at radius 2 is 2.17 bits per heavy atom. The maximum atomic E-state index is 6.48. The van der Waals surface area contributed by atoms with Crippen LogP contribution >= 0.6 is 0 Å². The quantitative estimate of drug-likeness (QED) is 0.779. The Kier molecular flexibility index (Phi) is 3.38. The number of hydrogen-bond acceptors (Lipinski definition) is 3. The Hall–Kier alpha value is -2.27. The van der Waals surface area contributed by atoms with Crippen LogP contribution in [0, 0.1) is 13.8 Å². The highest BCUT2D eigenvalue weighted by molar-refractivity contribution is 5.83. The Balaban J connectivity index is 1.78. The molecule has 0 saturated carbocycles. The number of aromatic nitrogens is 3. The fourth-order valence-electron chi connectivity index (χ4n) is 3.49. The summed E-state index contributed by atoms with van der Waals surface area (Å²) in [5.41, 5.74) is 11.9. The van der Waals surface area contributed by atoms with Crippen LogP contribution in [0.2, 0.25) is 0 Å². The predicted molar refractivity (Wildman–Crippen MR) is 92.4 cm³/mol. The highest BCUT2D eigenvalue weighted by Gasteiger charge is 2.23. The standard InChI is InChI=1S/C18H22N4O/c1-11-12(2)22(10-13-6-5-9-23-13)17(19)16(11)18-20-14-7-3-4-8-15(14)21-18/h3-4,7-8,13H,5-6,9-10,19H2,1-2H3,(H,20,21)/t13-/m0/s1. The number of aromatic amines is 1. The van der Waals surface area contributed by atoms with E-state index in [-0.39, 0.29) is 6.10 Å². The van der Waals surface area contributed by atoms with Crippen molar-refractivity contribution in [1.82, 2.24) is 14.5 Å². The number of H-pyrrole nitrogens is 1. The number of nitrogens with two attached hydrogens (primary N) is 1. The number of benzene rings is 1. The lowest BCUT2D eigenvalue weighted by molar-refractivity contribution is 0.0971. The number of anilines is 1. The molecule has 1 atom stereocenters. The molecule has 120 valence electrons. The van der Waals surface area contributed by atoms with Gasteiger partial charge in [0, 0.05) is 12.3 Å². The maximum Gasteiger partial charge on any atom is 0.142 e. The van der Waals surface area contributed by atoms with Crippen LogP contribution < -0.4 is 5.73 Å². The van der Waals surface area contributed by atoms with E-state index in [2.05, 4.69) is 23.4 Å². The van der Waals surface area contributed by atoms with Crippen molar-refractivity contribution in [1.29, 1.82) is 0 Å². The number of nitrogen functional groups attached to an aromatic ring is 1. The van der Waals surface area contributed by atoms with Gasteiger partial charge >= 0.3 is 0 Å². The number of imidazole rings is 1. The van der Waals surface area contributed by atoms with Gasteiger partial charge in [0.05, 0.1) is 29.2 Å². The van der Waals surface area contributed by atoms with E-state index in [1.54, 1.807) is 0 Å². The van der Waals surface area contributed by atoms with Crippen molar-refractivity contribution in [3.63, 3.8) is 0 Å². The lowest BCUT2D eigenvalue weighted by atomic mass is 10.1. The van der Waals surface area contributed by atoms with E-state index in [0.29, 0.717) is 0 Å². The second kappa shape index (κ2) is 5.42. The lowest BCUT2D eigenvalue weighted by Crippen LogP contribution is -2.17. The number of hydrogen-bond donors (Lipinski definition) is 2. The van der Waals surface area contributed by atoms with E-state index in [1.165, 1.54) is 11.3 Å². The van der Waals surface area contributed by atoms with Crippen molar-refractivity contribution in [3.8, 4) is 11.4 Å². The molecule has 0 unspecified atom stereocenters. The van der Waals surface area contributed by atoms with E-state index in [1.807, 2.05) is 24.3 Å². The van der Waals surface area contributed by atoms with Gasteiger partial charge in [-0.25, -0.2) is 4.98 Å². The molecule has 0 spiro atoms. The largest absolute Gasteiger partial charge is 0.384 e. The molecule has 3 aromatic rings. The minimum atomic E-state index is 0.270. The van der Waals surface area contributed by atoms with E-state index < -0.39 is 0 Å². The third-order valence-corrected chi connectivity index (χ3v) is 4.91. The van der Waals surface area contributed by atoms with Crippen LogP contribution in [-0.4, -0.2) is 27.2 Å². The van der Waals surface area contributed by atoms with Gasteiger partial charge < -0.3 is 20.0 Å². The third-order valence-electron chi connectivity index (χ3n) is 4.91. The number of rotatable bonds is 3. The van der Waals surface area contributed by atoms with Gasteiger partial charge in [-0.2, -0.15) is 0 Å². The fourth-order valence-corrected chi connectivity index (χ4v) is 3.49. The number of fused-ring (bicyclic) bond motifs is 1. The van der Waals surface area contributed by atoms with Crippen LogP contribution in [0.5, 0.6) is 0 Å². The molecule has 5 nitrogen and oxygen atoms in total. The second-order valence-electron chi connectivity index (χ2n) is 6.32. The first kappa shape index (κ1) is 14.3. The number of para-hydroxylation sites is 2. The molecule has 3 N–H and O–H groups in total. The Bertz CT molecular complexity index is 822. The lowest BCUT2D eigenvalue weighted by Gasteiger charge is -2.14. The molecule has 0 amide bonds. The predicted octanol–water partition coefficient (Wildman–Crippen LogP) is 3.41. The van der Waals surface area contributed by atoms with Crippen molar-refractivity contribution in [3.05, 3.63) is 35.5 Å². The average Bonchev–Trinajstić information content (AvgIpc) is 3.24. The summed E-state index contributed by atoms with van der Waals surface area (Å²) < 4.78 is 7.94. The zero-order chi connectivity index (χ0) is 16.0. The molecule has 1 aliphatic rings. The van der Waals surface area contributed by atoms with Crippen molar-refractivity contribution in [2.75, 3.05) is 12.3 Å². The van der Waals surface area contributed by atoms with Crippen molar-refractivity contribution in [2.24, 2.45) is 0 Å². The number of nitrogens with zero attached hydrogens (tertiary/aromatic N) is 2. The van der Waals surface area contributed by atoms with Gasteiger partial charge in [-0.3, -0.25) is 0 Å². The Morgan fingerprint density at radius 3 is 2.91 bits per heavy atom. The second-order valence-corrected chi connectivity index (χ2v) is 6.32. The Morgan fingerprint density at radius 1 is 1.35 bits per heavy atom. The van der Waals surface area contributed by atoms with Gasteiger partial charge in [0.2, 0.25) is 0 Å². The molecule has 1 aromatic carbocycles. The van der Waals surface area contributed by atoms with Crippen molar-refractivity contribution < 1.29 is 4.74 Å². The first-order valence-corrected chi connectivity index (χ1v) is 8.17. The number of ether oxygens (including phenoxy) is 1. The summed E-state index contributed by atoms with van der Waals surface area (Å²) in [5, 5.41) is 0. The number of nitrogens with one attached hydrogen (secondary N) is 1. The van der Waals surface area contributed by atoms with Gasteiger partial charge in [0.15, 0.2) is 0 Å². The first-order chi connectivity index (χ1) is 11.1. The van der Waals surface area contributed by atoms with Crippen LogP contribution in [0.3, 0.4) is 0 Å². The molecule has 1 saturated heterocycles. The zero-order valence-corrected chi connectivity index (χ0v) is 13.6. The van der Waals surface area contributed by atoms with Gasteiger partial charge in [0.1, 0.15) is 11.6 Å². The smallest absolute Gasteiger partial charge is 0.142 e. The zero-order valence-electron chi connectivity index (χ0n) is 13.6. The minimum Gasteiger partial charge on any atom is -0.384 e. The fraction of sp³-hybridized carbons (Fsp3) is 0.389. The summed E-state index contributed by atoms with van der Waals surface area (Å²) in [7, 11) is 0. The summed E-state index contributed by atoms with van der Waals surface area (Å²) in [5.74, 6) is 1.62. The molecular weight excluding hydrogens is 288 g/mol. The SMILES string of the molecule is Cc1c(-c2nc3ccccc3[nH]2)c(N)n(C[C@@H]2CCCO2)c1C. The Labute approximate surface area is 135 Å². The molecule has 0 aliphatic carbocycles. The highest BCUT2D eigenvalue weighted by Crippen LogP contribution is 2.34. The van der Waals surface area contributed by atoms with E-state index in [4.69, 9.17) is 15.5 Å². The molecule has 4 rings (SSSR count). The molecule has 5 heteroatoms. The summed E-state index contributed by atoms with van der Waals surface area (Å²) in [6.07, 6.45) is 2.52. The van der Waals surface area contributed by atoms with Gasteiger partial charge in [-0.1, -0.05) is 12.1 Å². The summed E-state index contributed by atoms with van der Waals surface area (Å²) >= 11 is 0. The summed E-state index contributed by atoms with van der Waals surface area (Å²) in [4.78, 5) is 8.10. The third kappa shape index (κ3) is 2.32.